The van der Waals surface area contributed by atoms with Gasteiger partial charge in [-0.3, -0.25) is 14.8 Å². The number of rotatable bonds is 5. The van der Waals surface area contributed by atoms with E-state index in [1.165, 1.54) is 12.1 Å². The lowest BCUT2D eigenvalue weighted by molar-refractivity contribution is 0.0977. The van der Waals surface area contributed by atoms with Crippen LogP contribution in [0.25, 0.3) is 0 Å². The first-order valence-electron chi connectivity index (χ1n) is 9.21. The zero-order chi connectivity index (χ0) is 22.6. The zero-order valence-electron chi connectivity index (χ0n) is 16.8. The number of halogens is 1. The highest BCUT2D eigenvalue weighted by Crippen LogP contribution is 2.20. The van der Waals surface area contributed by atoms with Gasteiger partial charge < -0.3 is 5.32 Å². The molecule has 31 heavy (non-hydrogen) atoms. The highest BCUT2D eigenvalue weighted by Gasteiger charge is 2.15. The minimum atomic E-state index is -3.74. The number of nitrogens with one attached hydrogen (secondary N) is 3. The highest BCUT2D eigenvalue weighted by molar-refractivity contribution is 7.92. The Morgan fingerprint density at radius 1 is 0.871 bits per heavy atom. The van der Waals surface area contributed by atoms with E-state index in [4.69, 9.17) is 23.8 Å². The summed E-state index contributed by atoms with van der Waals surface area (Å²) in [5, 5.41) is 6.03. The Kier molecular flexibility index (Phi) is 6.94. The quantitative estimate of drug-likeness (QED) is 0.459. The molecule has 3 aromatic rings. The van der Waals surface area contributed by atoms with E-state index in [1.807, 2.05) is 19.9 Å². The Balaban J connectivity index is 1.64. The van der Waals surface area contributed by atoms with Crippen molar-refractivity contribution in [2.45, 2.75) is 18.7 Å². The molecule has 0 aliphatic carbocycles. The molecule has 3 rings (SSSR count). The third-order valence-corrected chi connectivity index (χ3v) is 6.08. The lowest BCUT2D eigenvalue weighted by Crippen LogP contribution is -2.34. The van der Waals surface area contributed by atoms with E-state index in [9.17, 15) is 13.2 Å². The molecule has 0 saturated heterocycles. The normalized spacial score (nSPS) is 10.9. The van der Waals surface area contributed by atoms with Crippen LogP contribution in [0.1, 0.15) is 21.5 Å². The fraction of sp³-hybridized carbons (Fsp3) is 0.0909. The summed E-state index contributed by atoms with van der Waals surface area (Å²) < 4.78 is 27.9. The molecule has 9 heteroatoms. The summed E-state index contributed by atoms with van der Waals surface area (Å²) in [5.41, 5.74) is 3.38. The van der Waals surface area contributed by atoms with Gasteiger partial charge in [-0.1, -0.05) is 17.7 Å². The van der Waals surface area contributed by atoms with Crippen LogP contribution in [0.2, 0.25) is 5.02 Å². The lowest BCUT2D eigenvalue weighted by atomic mass is 10.1. The molecule has 3 aromatic carbocycles. The summed E-state index contributed by atoms with van der Waals surface area (Å²) in [6, 6.07) is 17.9. The van der Waals surface area contributed by atoms with E-state index >= 15 is 0 Å². The molecule has 6 nitrogen and oxygen atoms in total. The van der Waals surface area contributed by atoms with E-state index < -0.39 is 10.0 Å². The molecule has 3 N–H and O–H groups in total. The maximum atomic E-state index is 12.7. The number of benzene rings is 3. The van der Waals surface area contributed by atoms with Crippen molar-refractivity contribution in [3.8, 4) is 0 Å². The van der Waals surface area contributed by atoms with E-state index in [0.717, 1.165) is 11.1 Å². The van der Waals surface area contributed by atoms with E-state index in [-0.39, 0.29) is 15.9 Å². The first kappa shape index (κ1) is 22.7. The molecule has 0 aliphatic rings. The molecule has 0 heterocycles. The smallest absolute Gasteiger partial charge is 0.261 e. The first-order valence-corrected chi connectivity index (χ1v) is 11.5. The van der Waals surface area contributed by atoms with Gasteiger partial charge in [0, 0.05) is 22.0 Å². The summed E-state index contributed by atoms with van der Waals surface area (Å²) >= 11 is 11.0. The van der Waals surface area contributed by atoms with Crippen LogP contribution in [0.4, 0.5) is 11.4 Å². The van der Waals surface area contributed by atoms with Crippen molar-refractivity contribution in [3.05, 3.63) is 88.4 Å². The Morgan fingerprint density at radius 3 is 2.03 bits per heavy atom. The van der Waals surface area contributed by atoms with Crippen LogP contribution in [-0.2, 0) is 10.0 Å². The second-order valence-corrected chi connectivity index (χ2v) is 9.45. The number of hydrogen-bond donors (Lipinski definition) is 3. The van der Waals surface area contributed by atoms with Crippen molar-refractivity contribution in [1.82, 2.24) is 5.32 Å². The number of thiocarbonyl (C=S) groups is 1. The van der Waals surface area contributed by atoms with Gasteiger partial charge in [0.1, 0.15) is 0 Å². The topological polar surface area (TPSA) is 87.3 Å². The molecular formula is C22H20ClN3O3S2. The van der Waals surface area contributed by atoms with E-state index in [2.05, 4.69) is 15.4 Å². The molecule has 0 spiro atoms. The maximum absolute atomic E-state index is 12.7. The second kappa shape index (κ2) is 9.47. The lowest BCUT2D eigenvalue weighted by Gasteiger charge is -2.12. The Bertz CT molecular complexity index is 1210. The van der Waals surface area contributed by atoms with Crippen molar-refractivity contribution in [2.75, 3.05) is 10.0 Å². The van der Waals surface area contributed by atoms with Crippen LogP contribution >= 0.6 is 23.8 Å². The Labute approximate surface area is 191 Å². The minimum absolute atomic E-state index is 0.0870. The van der Waals surface area contributed by atoms with Crippen molar-refractivity contribution in [3.63, 3.8) is 0 Å². The molecule has 0 atom stereocenters. The molecule has 0 fully saturated rings. The SMILES string of the molecule is Cc1cc(C)cc(NS(=O)(=O)c2ccc(NC(=S)NC(=O)c3ccc(Cl)cc3)cc2)c1. The van der Waals surface area contributed by atoms with Crippen LogP contribution in [0.5, 0.6) is 0 Å². The monoisotopic (exact) mass is 473 g/mol. The molecule has 0 bridgehead atoms. The number of aryl methyl sites for hydroxylation is 2. The number of carbonyl (C=O) groups excluding carboxylic acids is 1. The predicted octanol–water partition coefficient (Wildman–Crippen LogP) is 4.88. The van der Waals surface area contributed by atoms with Crippen LogP contribution in [0, 0.1) is 13.8 Å². The van der Waals surface area contributed by atoms with Crippen molar-refractivity contribution in [1.29, 1.82) is 0 Å². The number of anilines is 2. The summed E-state index contributed by atoms with van der Waals surface area (Å²) in [4.78, 5) is 12.3. The summed E-state index contributed by atoms with van der Waals surface area (Å²) in [5.74, 6) is -0.383. The van der Waals surface area contributed by atoms with Gasteiger partial charge in [0.15, 0.2) is 5.11 Å². The third kappa shape index (κ3) is 6.27. The van der Waals surface area contributed by atoms with Crippen molar-refractivity contribution >= 4 is 56.2 Å². The largest absolute Gasteiger partial charge is 0.332 e. The predicted molar refractivity (Wildman–Crippen MR) is 128 cm³/mol. The number of hydrogen-bond acceptors (Lipinski definition) is 4. The zero-order valence-corrected chi connectivity index (χ0v) is 19.2. The van der Waals surface area contributed by atoms with Crippen LogP contribution < -0.4 is 15.4 Å². The molecule has 160 valence electrons. The van der Waals surface area contributed by atoms with Crippen molar-refractivity contribution in [2.24, 2.45) is 0 Å². The van der Waals surface area contributed by atoms with Gasteiger partial charge in [-0.2, -0.15) is 0 Å². The van der Waals surface area contributed by atoms with Gasteiger partial charge in [0.25, 0.3) is 15.9 Å². The van der Waals surface area contributed by atoms with Gasteiger partial charge in [-0.25, -0.2) is 8.42 Å². The first-order chi connectivity index (χ1) is 14.6. The highest BCUT2D eigenvalue weighted by atomic mass is 35.5. The van der Waals surface area contributed by atoms with Crippen molar-refractivity contribution < 1.29 is 13.2 Å². The Hall–Kier alpha value is -2.94. The molecule has 0 saturated carbocycles. The molecule has 0 radical (unpaired) electrons. The number of sulfonamides is 1. The van der Waals surface area contributed by atoms with Gasteiger partial charge in [0.05, 0.1) is 4.90 Å². The molecule has 0 aliphatic heterocycles. The molecule has 0 aromatic heterocycles. The maximum Gasteiger partial charge on any atom is 0.261 e. The van der Waals surface area contributed by atoms with E-state index in [0.29, 0.717) is 22.0 Å². The minimum Gasteiger partial charge on any atom is -0.332 e. The third-order valence-electron chi connectivity index (χ3n) is 4.23. The second-order valence-electron chi connectivity index (χ2n) is 6.92. The van der Waals surface area contributed by atoms with Gasteiger partial charge in [-0.05, 0) is 97.9 Å². The average molecular weight is 474 g/mol. The fourth-order valence-electron chi connectivity index (χ4n) is 2.90. The average Bonchev–Trinajstić information content (AvgIpc) is 2.67. The van der Waals surface area contributed by atoms with Crippen LogP contribution in [-0.4, -0.2) is 19.4 Å². The van der Waals surface area contributed by atoms with Gasteiger partial charge in [0.2, 0.25) is 0 Å². The van der Waals surface area contributed by atoms with Crippen LogP contribution in [0.15, 0.2) is 71.6 Å². The molecule has 1 amide bonds. The summed E-state index contributed by atoms with van der Waals surface area (Å²) in [6.45, 7) is 3.81. The van der Waals surface area contributed by atoms with E-state index in [1.54, 1.807) is 48.5 Å². The standard InChI is InChI=1S/C22H20ClN3O3S2/c1-14-11-15(2)13-19(12-14)26-31(28,29)20-9-7-18(8-10-20)24-22(30)25-21(27)16-3-5-17(23)6-4-16/h3-13,26H,1-2H3,(H2,24,25,27,30). The Morgan fingerprint density at radius 2 is 1.45 bits per heavy atom. The number of amides is 1. The molecule has 0 unspecified atom stereocenters. The van der Waals surface area contributed by atoms with Gasteiger partial charge in [-0.15, -0.1) is 0 Å². The summed E-state index contributed by atoms with van der Waals surface area (Å²) in [6.07, 6.45) is 0. The summed E-state index contributed by atoms with van der Waals surface area (Å²) in [7, 11) is -3.74. The van der Waals surface area contributed by atoms with Gasteiger partial charge >= 0.3 is 0 Å². The van der Waals surface area contributed by atoms with Crippen LogP contribution in [0.3, 0.4) is 0 Å². The molecular weight excluding hydrogens is 454 g/mol. The number of carbonyl (C=O) groups is 1. The fourth-order valence-corrected chi connectivity index (χ4v) is 4.28.